The molecule has 2 rings (SSSR count). The van der Waals surface area contributed by atoms with Gasteiger partial charge in [0, 0.05) is 24.7 Å². The number of sulfonamides is 1. The maximum atomic E-state index is 14.4. The number of nitrogens with one attached hydrogen (secondary N) is 1. The summed E-state index contributed by atoms with van der Waals surface area (Å²) in [7, 11) is -2.48. The van der Waals surface area contributed by atoms with E-state index in [0.717, 1.165) is 12.1 Å². The number of hydrogen-bond donors (Lipinski definition) is 1. The molecule has 1 aromatic carbocycles. The van der Waals surface area contributed by atoms with Crippen molar-refractivity contribution >= 4 is 10.0 Å². The Labute approximate surface area is 122 Å². The summed E-state index contributed by atoms with van der Waals surface area (Å²) in [5.74, 6) is -1.81. The van der Waals surface area contributed by atoms with Gasteiger partial charge in [-0.1, -0.05) is 0 Å². The Morgan fingerprint density at radius 2 is 2.14 bits per heavy atom. The molecule has 0 aliphatic carbocycles. The van der Waals surface area contributed by atoms with Crippen LogP contribution in [0.15, 0.2) is 17.0 Å². The summed E-state index contributed by atoms with van der Waals surface area (Å²) >= 11 is 0. The standard InChI is InChI=1S/C13H18F2N2O3S/c1-9-8-20-6-5-17(9)21(18,19)12-4-3-11(14)10(7-16-2)13(12)15/h3-4,9,16H,5-8H2,1-2H3. The van der Waals surface area contributed by atoms with Gasteiger partial charge in [0.1, 0.15) is 10.7 Å². The molecule has 1 saturated heterocycles. The van der Waals surface area contributed by atoms with E-state index in [1.54, 1.807) is 6.92 Å². The summed E-state index contributed by atoms with van der Waals surface area (Å²) in [4.78, 5) is -0.497. The molecule has 0 radical (unpaired) electrons. The average molecular weight is 320 g/mol. The third kappa shape index (κ3) is 3.08. The molecule has 1 unspecified atom stereocenters. The van der Waals surface area contributed by atoms with Crippen molar-refractivity contribution in [3.63, 3.8) is 0 Å². The Bertz CT molecular complexity index is 622. The van der Waals surface area contributed by atoms with Gasteiger partial charge in [0.25, 0.3) is 0 Å². The Hall–Kier alpha value is -1.09. The van der Waals surface area contributed by atoms with Crippen molar-refractivity contribution in [1.82, 2.24) is 9.62 Å². The largest absolute Gasteiger partial charge is 0.378 e. The van der Waals surface area contributed by atoms with Crippen LogP contribution in [-0.2, 0) is 21.3 Å². The van der Waals surface area contributed by atoms with Crippen LogP contribution in [-0.4, -0.2) is 45.6 Å². The number of rotatable bonds is 4. The predicted molar refractivity (Wildman–Crippen MR) is 73.3 cm³/mol. The van der Waals surface area contributed by atoms with E-state index < -0.39 is 26.6 Å². The van der Waals surface area contributed by atoms with Crippen LogP contribution in [0.5, 0.6) is 0 Å². The number of hydrogen-bond acceptors (Lipinski definition) is 4. The normalized spacial score (nSPS) is 20.7. The van der Waals surface area contributed by atoms with E-state index in [9.17, 15) is 17.2 Å². The Morgan fingerprint density at radius 3 is 2.76 bits per heavy atom. The first-order valence-corrected chi connectivity index (χ1v) is 8.04. The van der Waals surface area contributed by atoms with Crippen LogP contribution < -0.4 is 5.32 Å². The lowest BCUT2D eigenvalue weighted by molar-refractivity contribution is 0.0392. The molecular formula is C13H18F2N2O3S. The van der Waals surface area contributed by atoms with Crippen LogP contribution in [0.2, 0.25) is 0 Å². The topological polar surface area (TPSA) is 58.6 Å². The molecule has 1 aliphatic heterocycles. The maximum absolute atomic E-state index is 14.4. The molecule has 1 aromatic rings. The summed E-state index contributed by atoms with van der Waals surface area (Å²) in [5.41, 5.74) is -0.278. The van der Waals surface area contributed by atoms with Gasteiger partial charge >= 0.3 is 0 Å². The van der Waals surface area contributed by atoms with Gasteiger partial charge in [-0.3, -0.25) is 0 Å². The highest BCUT2D eigenvalue weighted by Crippen LogP contribution is 2.26. The quantitative estimate of drug-likeness (QED) is 0.902. The minimum Gasteiger partial charge on any atom is -0.378 e. The third-order valence-corrected chi connectivity index (χ3v) is 5.43. The zero-order valence-electron chi connectivity index (χ0n) is 11.9. The van der Waals surface area contributed by atoms with E-state index >= 15 is 0 Å². The Balaban J connectivity index is 2.47. The van der Waals surface area contributed by atoms with E-state index in [4.69, 9.17) is 4.74 Å². The molecule has 1 atom stereocenters. The number of halogens is 2. The lowest BCUT2D eigenvalue weighted by Crippen LogP contribution is -2.47. The zero-order chi connectivity index (χ0) is 15.6. The van der Waals surface area contributed by atoms with Crippen molar-refractivity contribution in [2.45, 2.75) is 24.4 Å². The molecule has 1 heterocycles. The second kappa shape index (κ2) is 6.35. The van der Waals surface area contributed by atoms with Crippen LogP contribution >= 0.6 is 0 Å². The minimum atomic E-state index is -4.02. The zero-order valence-corrected chi connectivity index (χ0v) is 12.7. The van der Waals surface area contributed by atoms with Crippen molar-refractivity contribution in [2.24, 2.45) is 0 Å². The van der Waals surface area contributed by atoms with E-state index in [1.165, 1.54) is 11.4 Å². The first-order chi connectivity index (χ1) is 9.89. The maximum Gasteiger partial charge on any atom is 0.246 e. The second-order valence-corrected chi connectivity index (χ2v) is 6.77. The van der Waals surface area contributed by atoms with E-state index in [2.05, 4.69) is 5.32 Å². The van der Waals surface area contributed by atoms with Gasteiger partial charge in [-0.05, 0) is 26.1 Å². The van der Waals surface area contributed by atoms with Crippen LogP contribution in [0.1, 0.15) is 12.5 Å². The van der Waals surface area contributed by atoms with E-state index in [-0.39, 0.29) is 37.9 Å². The molecule has 118 valence electrons. The van der Waals surface area contributed by atoms with Crippen LogP contribution in [0, 0.1) is 11.6 Å². The number of nitrogens with zero attached hydrogens (tertiary/aromatic N) is 1. The lowest BCUT2D eigenvalue weighted by atomic mass is 10.2. The van der Waals surface area contributed by atoms with Crippen LogP contribution in [0.3, 0.4) is 0 Å². The monoisotopic (exact) mass is 320 g/mol. The highest BCUT2D eigenvalue weighted by molar-refractivity contribution is 7.89. The second-order valence-electron chi connectivity index (χ2n) is 4.91. The molecule has 0 saturated carbocycles. The van der Waals surface area contributed by atoms with E-state index in [0.29, 0.717) is 0 Å². The van der Waals surface area contributed by atoms with Gasteiger partial charge in [-0.15, -0.1) is 0 Å². The summed E-state index contributed by atoms with van der Waals surface area (Å²) < 4.78 is 59.5. The van der Waals surface area contributed by atoms with Crippen molar-refractivity contribution in [2.75, 3.05) is 26.8 Å². The fourth-order valence-corrected chi connectivity index (χ4v) is 4.00. The molecular weight excluding hydrogens is 302 g/mol. The third-order valence-electron chi connectivity index (χ3n) is 3.40. The summed E-state index contributed by atoms with van der Waals surface area (Å²) in [6.07, 6.45) is 0. The molecule has 5 nitrogen and oxygen atoms in total. The molecule has 1 fully saturated rings. The summed E-state index contributed by atoms with van der Waals surface area (Å²) in [6, 6.07) is 1.57. The molecule has 0 spiro atoms. The molecule has 1 aliphatic rings. The van der Waals surface area contributed by atoms with E-state index in [1.807, 2.05) is 0 Å². The average Bonchev–Trinajstić information content (AvgIpc) is 2.43. The van der Waals surface area contributed by atoms with Crippen LogP contribution in [0.4, 0.5) is 8.78 Å². The van der Waals surface area contributed by atoms with Gasteiger partial charge in [0.15, 0.2) is 5.82 Å². The number of morpholine rings is 1. The molecule has 1 N–H and O–H groups in total. The van der Waals surface area contributed by atoms with Crippen molar-refractivity contribution in [3.8, 4) is 0 Å². The van der Waals surface area contributed by atoms with Crippen molar-refractivity contribution in [3.05, 3.63) is 29.3 Å². The van der Waals surface area contributed by atoms with Crippen molar-refractivity contribution < 1.29 is 21.9 Å². The van der Waals surface area contributed by atoms with Gasteiger partial charge < -0.3 is 10.1 Å². The van der Waals surface area contributed by atoms with Gasteiger partial charge in [-0.2, -0.15) is 4.31 Å². The Kier molecular flexibility index (Phi) is 4.92. The fourth-order valence-electron chi connectivity index (χ4n) is 2.31. The SMILES string of the molecule is CNCc1c(F)ccc(S(=O)(=O)N2CCOCC2C)c1F. The molecule has 0 aromatic heterocycles. The Morgan fingerprint density at radius 1 is 1.43 bits per heavy atom. The smallest absolute Gasteiger partial charge is 0.246 e. The molecule has 8 heteroatoms. The van der Waals surface area contributed by atoms with Gasteiger partial charge in [0.2, 0.25) is 10.0 Å². The predicted octanol–water partition coefficient (Wildman–Crippen LogP) is 1.09. The highest BCUT2D eigenvalue weighted by atomic mass is 32.2. The summed E-state index contributed by atoms with van der Waals surface area (Å²) in [5, 5.41) is 2.62. The molecule has 21 heavy (non-hydrogen) atoms. The molecule has 0 amide bonds. The first-order valence-electron chi connectivity index (χ1n) is 6.60. The lowest BCUT2D eigenvalue weighted by Gasteiger charge is -2.32. The highest BCUT2D eigenvalue weighted by Gasteiger charge is 2.34. The molecule has 0 bridgehead atoms. The van der Waals surface area contributed by atoms with Gasteiger partial charge in [0.05, 0.1) is 13.2 Å². The van der Waals surface area contributed by atoms with Crippen molar-refractivity contribution in [1.29, 1.82) is 0 Å². The fraction of sp³-hybridized carbons (Fsp3) is 0.538. The number of benzene rings is 1. The minimum absolute atomic E-state index is 0.0836. The van der Waals surface area contributed by atoms with Crippen LogP contribution in [0.25, 0.3) is 0 Å². The summed E-state index contributed by atoms with van der Waals surface area (Å²) in [6.45, 7) is 2.27. The first kappa shape index (κ1) is 16.3. The van der Waals surface area contributed by atoms with Gasteiger partial charge in [-0.25, -0.2) is 17.2 Å². The number of ether oxygens (including phenoxy) is 1.